The van der Waals surface area contributed by atoms with Crippen LogP contribution >= 0.6 is 0 Å². The van der Waals surface area contributed by atoms with Gasteiger partial charge >= 0.3 is 5.97 Å². The maximum absolute atomic E-state index is 13.7. The second kappa shape index (κ2) is 13.0. The van der Waals surface area contributed by atoms with Crippen molar-refractivity contribution < 1.29 is 18.7 Å². The average Bonchev–Trinajstić information content (AvgIpc) is 2.76. The Morgan fingerprint density at radius 3 is 1.83 bits per heavy atom. The Labute approximate surface area is 180 Å². The van der Waals surface area contributed by atoms with Gasteiger partial charge in [-0.2, -0.15) is 0 Å². The van der Waals surface area contributed by atoms with Gasteiger partial charge in [0.2, 0.25) is 0 Å². The van der Waals surface area contributed by atoms with Crippen molar-refractivity contribution in [2.45, 2.75) is 71.9 Å². The number of carbonyl (C=O) groups is 1. The molecule has 0 saturated heterocycles. The maximum atomic E-state index is 13.7. The minimum Gasteiger partial charge on any atom is -0.494 e. The first-order valence-corrected chi connectivity index (χ1v) is 11.2. The number of rotatable bonds is 13. The summed E-state index contributed by atoms with van der Waals surface area (Å²) in [6.07, 6.45) is 7.28. The third-order valence-corrected chi connectivity index (χ3v) is 5.09. The first-order valence-electron chi connectivity index (χ1n) is 11.2. The van der Waals surface area contributed by atoms with E-state index in [0.717, 1.165) is 29.9 Å². The Balaban J connectivity index is 1.77. The van der Waals surface area contributed by atoms with E-state index in [2.05, 4.69) is 6.92 Å². The molecule has 1 unspecified atom stereocenters. The number of ether oxygens (including phenoxy) is 2. The summed E-state index contributed by atoms with van der Waals surface area (Å²) >= 11 is 0. The van der Waals surface area contributed by atoms with Crippen molar-refractivity contribution in [3.63, 3.8) is 0 Å². The van der Waals surface area contributed by atoms with Gasteiger partial charge in [-0.1, -0.05) is 83.6 Å². The van der Waals surface area contributed by atoms with Crippen molar-refractivity contribution in [2.75, 3.05) is 6.61 Å². The number of halogens is 1. The van der Waals surface area contributed by atoms with Gasteiger partial charge in [0.15, 0.2) is 6.17 Å². The summed E-state index contributed by atoms with van der Waals surface area (Å²) in [5.74, 6) is -0.0248. The number of hydrogen-bond donors (Lipinski definition) is 0. The number of hydrogen-bond acceptors (Lipinski definition) is 3. The second-order valence-corrected chi connectivity index (χ2v) is 8.09. The van der Waals surface area contributed by atoms with E-state index in [4.69, 9.17) is 9.47 Å². The SMILES string of the molecule is CCCCCCCCCOc1ccc(-c2ccc(OC(=O)C(F)C(C)C)cc2)cc1. The summed E-state index contributed by atoms with van der Waals surface area (Å²) in [5, 5.41) is 0. The molecule has 1 atom stereocenters. The molecule has 4 heteroatoms. The lowest BCUT2D eigenvalue weighted by molar-refractivity contribution is -0.141. The van der Waals surface area contributed by atoms with Crippen LogP contribution in [0.15, 0.2) is 48.5 Å². The van der Waals surface area contributed by atoms with Gasteiger partial charge in [-0.3, -0.25) is 0 Å². The smallest absolute Gasteiger partial charge is 0.346 e. The zero-order valence-electron chi connectivity index (χ0n) is 18.5. The topological polar surface area (TPSA) is 35.5 Å². The third kappa shape index (κ3) is 8.17. The van der Waals surface area contributed by atoms with Crippen LogP contribution < -0.4 is 9.47 Å². The van der Waals surface area contributed by atoms with Crippen LogP contribution in [0.2, 0.25) is 0 Å². The Morgan fingerprint density at radius 2 is 1.30 bits per heavy atom. The van der Waals surface area contributed by atoms with E-state index in [9.17, 15) is 9.18 Å². The van der Waals surface area contributed by atoms with E-state index in [0.29, 0.717) is 5.75 Å². The van der Waals surface area contributed by atoms with Crippen LogP contribution in [0, 0.1) is 5.92 Å². The van der Waals surface area contributed by atoms with Gasteiger partial charge in [0.05, 0.1) is 6.61 Å². The standard InChI is InChI=1S/C26H35FO3/c1-4-5-6-7-8-9-10-19-29-23-15-11-21(12-16-23)22-13-17-24(18-14-22)30-26(28)25(27)20(2)3/h11-18,20,25H,4-10,19H2,1-3H3. The molecule has 0 bridgehead atoms. The van der Waals surface area contributed by atoms with E-state index in [-0.39, 0.29) is 0 Å². The molecule has 0 saturated carbocycles. The Hall–Kier alpha value is -2.36. The Morgan fingerprint density at radius 1 is 0.800 bits per heavy atom. The average molecular weight is 415 g/mol. The fraction of sp³-hybridized carbons (Fsp3) is 0.500. The molecule has 2 rings (SSSR count). The number of carbonyl (C=O) groups excluding carboxylic acids is 1. The molecule has 164 valence electrons. The highest BCUT2D eigenvalue weighted by Gasteiger charge is 2.23. The molecule has 0 spiro atoms. The number of unbranched alkanes of at least 4 members (excludes halogenated alkanes) is 6. The molecule has 30 heavy (non-hydrogen) atoms. The summed E-state index contributed by atoms with van der Waals surface area (Å²) < 4.78 is 24.6. The third-order valence-electron chi connectivity index (χ3n) is 5.09. The first kappa shape index (κ1) is 23.9. The van der Waals surface area contributed by atoms with Crippen LogP contribution in [0.4, 0.5) is 4.39 Å². The van der Waals surface area contributed by atoms with Crippen LogP contribution in [0.5, 0.6) is 11.5 Å². The number of alkyl halides is 1. The van der Waals surface area contributed by atoms with Crippen LogP contribution in [0.3, 0.4) is 0 Å². The first-order chi connectivity index (χ1) is 14.5. The molecule has 0 N–H and O–H groups in total. The van der Waals surface area contributed by atoms with Crippen molar-refractivity contribution in [1.29, 1.82) is 0 Å². The molecule has 0 aliphatic rings. The van der Waals surface area contributed by atoms with Gasteiger partial charge in [-0.15, -0.1) is 0 Å². The molecule has 2 aromatic carbocycles. The maximum Gasteiger partial charge on any atom is 0.346 e. The quantitative estimate of drug-likeness (QED) is 0.195. The Kier molecular flexibility index (Phi) is 10.4. The molecule has 0 radical (unpaired) electrons. The minimum absolute atomic E-state index is 0.349. The molecule has 0 aliphatic heterocycles. The number of esters is 1. The van der Waals surface area contributed by atoms with E-state index >= 15 is 0 Å². The van der Waals surface area contributed by atoms with Crippen LogP contribution in [-0.2, 0) is 4.79 Å². The summed E-state index contributed by atoms with van der Waals surface area (Å²) in [7, 11) is 0. The molecule has 0 aromatic heterocycles. The van der Waals surface area contributed by atoms with Crippen molar-refractivity contribution in [3.8, 4) is 22.6 Å². The highest BCUT2D eigenvalue weighted by atomic mass is 19.1. The molecule has 0 aliphatic carbocycles. The Bertz CT molecular complexity index is 738. The zero-order chi connectivity index (χ0) is 21.8. The van der Waals surface area contributed by atoms with Gasteiger partial charge in [0.1, 0.15) is 11.5 Å². The molecule has 2 aromatic rings. The molecule has 0 amide bonds. The van der Waals surface area contributed by atoms with E-state index in [1.807, 2.05) is 36.4 Å². The van der Waals surface area contributed by atoms with Gasteiger partial charge < -0.3 is 9.47 Å². The molecule has 3 nitrogen and oxygen atoms in total. The van der Waals surface area contributed by atoms with Gasteiger partial charge in [-0.25, -0.2) is 9.18 Å². The lowest BCUT2D eigenvalue weighted by Gasteiger charge is -2.11. The predicted octanol–water partition coefficient (Wildman–Crippen LogP) is 7.38. The van der Waals surface area contributed by atoms with Crippen molar-refractivity contribution in [2.24, 2.45) is 5.92 Å². The van der Waals surface area contributed by atoms with Crippen molar-refractivity contribution >= 4 is 5.97 Å². The summed E-state index contributed by atoms with van der Waals surface area (Å²) in [4.78, 5) is 11.7. The summed E-state index contributed by atoms with van der Waals surface area (Å²) in [6, 6.07) is 15.1. The molecule has 0 heterocycles. The van der Waals surface area contributed by atoms with Crippen LogP contribution in [0.25, 0.3) is 11.1 Å². The largest absolute Gasteiger partial charge is 0.494 e. The molecular weight excluding hydrogens is 379 g/mol. The van der Waals surface area contributed by atoms with E-state index in [1.165, 1.54) is 38.5 Å². The van der Waals surface area contributed by atoms with Gasteiger partial charge in [0.25, 0.3) is 0 Å². The molecule has 0 fully saturated rings. The zero-order valence-corrected chi connectivity index (χ0v) is 18.5. The van der Waals surface area contributed by atoms with Gasteiger partial charge in [0, 0.05) is 0 Å². The summed E-state index contributed by atoms with van der Waals surface area (Å²) in [6.45, 7) is 6.29. The highest BCUT2D eigenvalue weighted by Crippen LogP contribution is 2.25. The normalized spacial score (nSPS) is 12.0. The highest BCUT2D eigenvalue weighted by molar-refractivity contribution is 5.77. The van der Waals surface area contributed by atoms with Crippen molar-refractivity contribution in [1.82, 2.24) is 0 Å². The monoisotopic (exact) mass is 414 g/mol. The van der Waals surface area contributed by atoms with Gasteiger partial charge in [-0.05, 0) is 47.7 Å². The molecular formula is C26H35FO3. The fourth-order valence-corrected chi connectivity index (χ4v) is 3.15. The van der Waals surface area contributed by atoms with Crippen molar-refractivity contribution in [3.05, 3.63) is 48.5 Å². The van der Waals surface area contributed by atoms with E-state index in [1.54, 1.807) is 26.0 Å². The van der Waals surface area contributed by atoms with Crippen LogP contribution in [-0.4, -0.2) is 18.7 Å². The summed E-state index contributed by atoms with van der Waals surface area (Å²) in [5.41, 5.74) is 2.04. The predicted molar refractivity (Wildman–Crippen MR) is 121 cm³/mol. The number of benzene rings is 2. The van der Waals surface area contributed by atoms with Crippen LogP contribution in [0.1, 0.15) is 65.7 Å². The lowest BCUT2D eigenvalue weighted by Crippen LogP contribution is -2.26. The minimum atomic E-state index is -1.61. The fourth-order valence-electron chi connectivity index (χ4n) is 3.15. The van der Waals surface area contributed by atoms with E-state index < -0.39 is 18.1 Å². The second-order valence-electron chi connectivity index (χ2n) is 8.09. The lowest BCUT2D eigenvalue weighted by atomic mass is 10.1.